The molecule has 4 nitrogen and oxygen atoms in total. The lowest BCUT2D eigenvalue weighted by atomic mass is 10.2. The van der Waals surface area contributed by atoms with Crippen LogP contribution in [0.1, 0.15) is 32.6 Å². The maximum absolute atomic E-state index is 12.2. The van der Waals surface area contributed by atoms with Gasteiger partial charge in [0.15, 0.2) is 0 Å². The Bertz CT molecular complexity index is 445. The third-order valence-electron chi connectivity index (χ3n) is 3.36. The lowest BCUT2D eigenvalue weighted by molar-refractivity contribution is -0.124. The quantitative estimate of drug-likeness (QED) is 0.582. The van der Waals surface area contributed by atoms with E-state index in [0.29, 0.717) is 6.54 Å². The minimum atomic E-state index is -0.187. The largest absolute Gasteiger partial charge is 0.331 e. The fourth-order valence-corrected chi connectivity index (χ4v) is 2.27. The molecular weight excluding hydrogens is 240 g/mol. The highest BCUT2D eigenvalue weighted by Gasteiger charge is 2.36. The molecule has 0 saturated carbocycles. The number of anilines is 1. The molecule has 19 heavy (non-hydrogen) atoms. The van der Waals surface area contributed by atoms with E-state index in [1.807, 2.05) is 30.3 Å². The number of hydrogen-bond acceptors (Lipinski definition) is 2. The van der Waals surface area contributed by atoms with Crippen molar-refractivity contribution in [2.75, 3.05) is 18.0 Å². The first kappa shape index (κ1) is 13.6. The molecule has 0 atom stereocenters. The monoisotopic (exact) mass is 260 g/mol. The van der Waals surface area contributed by atoms with E-state index >= 15 is 0 Å². The van der Waals surface area contributed by atoms with Crippen LogP contribution in [0.5, 0.6) is 0 Å². The van der Waals surface area contributed by atoms with Crippen LogP contribution in [-0.2, 0) is 4.79 Å². The number of rotatable bonds is 6. The second kappa shape index (κ2) is 6.36. The molecule has 1 saturated heterocycles. The van der Waals surface area contributed by atoms with E-state index < -0.39 is 0 Å². The Balaban J connectivity index is 1.97. The van der Waals surface area contributed by atoms with E-state index in [0.717, 1.165) is 31.4 Å². The highest BCUT2D eigenvalue weighted by molar-refractivity contribution is 6.12. The summed E-state index contributed by atoms with van der Waals surface area (Å²) in [5.74, 6) is -0.0923. The summed E-state index contributed by atoms with van der Waals surface area (Å²) < 4.78 is 0. The Kier molecular flexibility index (Phi) is 4.55. The van der Waals surface area contributed by atoms with Gasteiger partial charge >= 0.3 is 6.03 Å². The van der Waals surface area contributed by atoms with Gasteiger partial charge in [0, 0.05) is 12.2 Å². The zero-order valence-electron chi connectivity index (χ0n) is 11.3. The summed E-state index contributed by atoms with van der Waals surface area (Å²) >= 11 is 0. The van der Waals surface area contributed by atoms with Crippen molar-refractivity contribution in [2.24, 2.45) is 0 Å². The van der Waals surface area contributed by atoms with Crippen LogP contribution in [0.15, 0.2) is 30.3 Å². The lowest BCUT2D eigenvalue weighted by Gasteiger charge is -2.16. The van der Waals surface area contributed by atoms with Crippen molar-refractivity contribution in [1.29, 1.82) is 0 Å². The third-order valence-corrected chi connectivity index (χ3v) is 3.36. The van der Waals surface area contributed by atoms with Gasteiger partial charge in [-0.05, 0) is 18.6 Å². The van der Waals surface area contributed by atoms with Crippen LogP contribution >= 0.6 is 0 Å². The standard InChI is InChI=1S/C15H20N2O2/c1-2-3-4-8-11-16-14(18)12-17(15(16)19)13-9-6-5-7-10-13/h5-7,9-10H,2-4,8,11-12H2,1H3. The average Bonchev–Trinajstić information content (AvgIpc) is 2.72. The molecule has 0 radical (unpaired) electrons. The summed E-state index contributed by atoms with van der Waals surface area (Å²) in [6.45, 7) is 2.85. The number of unbranched alkanes of at least 4 members (excludes halogenated alkanes) is 3. The molecule has 0 spiro atoms. The first-order valence-electron chi connectivity index (χ1n) is 6.91. The summed E-state index contributed by atoms with van der Waals surface area (Å²) in [5, 5.41) is 0. The molecule has 4 heteroatoms. The molecule has 3 amide bonds. The molecule has 0 unspecified atom stereocenters. The number of urea groups is 1. The van der Waals surface area contributed by atoms with Crippen molar-refractivity contribution in [3.63, 3.8) is 0 Å². The van der Waals surface area contributed by atoms with E-state index in [-0.39, 0.29) is 18.5 Å². The summed E-state index contributed by atoms with van der Waals surface area (Å²) in [6.07, 6.45) is 4.27. The molecule has 1 aromatic carbocycles. The topological polar surface area (TPSA) is 40.6 Å². The van der Waals surface area contributed by atoms with Crippen molar-refractivity contribution >= 4 is 17.6 Å². The zero-order valence-corrected chi connectivity index (χ0v) is 11.3. The Morgan fingerprint density at radius 1 is 1.05 bits per heavy atom. The van der Waals surface area contributed by atoms with Crippen molar-refractivity contribution in [1.82, 2.24) is 4.90 Å². The van der Waals surface area contributed by atoms with Gasteiger partial charge in [0.1, 0.15) is 6.54 Å². The molecule has 102 valence electrons. The van der Waals surface area contributed by atoms with Crippen LogP contribution in [0.25, 0.3) is 0 Å². The van der Waals surface area contributed by atoms with Gasteiger partial charge in [-0.3, -0.25) is 14.6 Å². The maximum Gasteiger partial charge on any atom is 0.331 e. The molecule has 1 heterocycles. The van der Waals surface area contributed by atoms with Crippen LogP contribution in [0.3, 0.4) is 0 Å². The van der Waals surface area contributed by atoms with Crippen molar-refractivity contribution < 1.29 is 9.59 Å². The van der Waals surface area contributed by atoms with Crippen LogP contribution < -0.4 is 4.90 Å². The SMILES string of the molecule is CCCCCCN1C(=O)CN(c2ccccc2)C1=O. The molecule has 0 aromatic heterocycles. The molecule has 1 aromatic rings. The van der Waals surface area contributed by atoms with Gasteiger partial charge in [-0.2, -0.15) is 0 Å². The lowest BCUT2D eigenvalue weighted by Crippen LogP contribution is -2.33. The number of benzene rings is 1. The summed E-state index contributed by atoms with van der Waals surface area (Å²) in [5.41, 5.74) is 0.789. The van der Waals surface area contributed by atoms with Crippen molar-refractivity contribution in [3.05, 3.63) is 30.3 Å². The smallest absolute Gasteiger partial charge is 0.285 e. The fourth-order valence-electron chi connectivity index (χ4n) is 2.27. The molecule has 1 fully saturated rings. The number of hydrogen-bond donors (Lipinski definition) is 0. The van der Waals surface area contributed by atoms with Crippen molar-refractivity contribution in [3.8, 4) is 0 Å². The zero-order chi connectivity index (χ0) is 13.7. The second-order valence-corrected chi connectivity index (χ2v) is 4.81. The molecule has 0 aliphatic carbocycles. The molecular formula is C15H20N2O2. The molecule has 0 N–H and O–H groups in total. The number of nitrogens with zero attached hydrogens (tertiary/aromatic N) is 2. The first-order chi connectivity index (χ1) is 9.24. The highest BCUT2D eigenvalue weighted by atomic mass is 16.2. The molecule has 0 bridgehead atoms. The normalized spacial score (nSPS) is 15.4. The number of amides is 3. The van der Waals surface area contributed by atoms with Crippen LogP contribution in [0.4, 0.5) is 10.5 Å². The molecule has 1 aliphatic heterocycles. The first-order valence-corrected chi connectivity index (χ1v) is 6.91. The average molecular weight is 260 g/mol. The Hall–Kier alpha value is -1.84. The third kappa shape index (κ3) is 3.13. The van der Waals surface area contributed by atoms with E-state index in [1.54, 1.807) is 4.90 Å². The second-order valence-electron chi connectivity index (χ2n) is 4.81. The van der Waals surface area contributed by atoms with Gasteiger partial charge in [0.2, 0.25) is 0 Å². The summed E-state index contributed by atoms with van der Waals surface area (Å²) in [7, 11) is 0. The predicted molar refractivity (Wildman–Crippen MR) is 75.0 cm³/mol. The summed E-state index contributed by atoms with van der Waals surface area (Å²) in [4.78, 5) is 27.0. The van der Waals surface area contributed by atoms with Crippen molar-refractivity contribution in [2.45, 2.75) is 32.6 Å². The van der Waals surface area contributed by atoms with Gasteiger partial charge in [-0.1, -0.05) is 44.4 Å². The maximum atomic E-state index is 12.2. The van der Waals surface area contributed by atoms with E-state index in [1.165, 1.54) is 4.90 Å². The molecule has 2 rings (SSSR count). The van der Waals surface area contributed by atoms with Gasteiger partial charge in [0.25, 0.3) is 5.91 Å². The van der Waals surface area contributed by atoms with E-state index in [9.17, 15) is 9.59 Å². The van der Waals surface area contributed by atoms with Crippen LogP contribution in [-0.4, -0.2) is 29.9 Å². The fraction of sp³-hybridized carbons (Fsp3) is 0.467. The number of carbonyl (C=O) groups excluding carboxylic acids is 2. The Morgan fingerprint density at radius 3 is 2.47 bits per heavy atom. The predicted octanol–water partition coefficient (Wildman–Crippen LogP) is 3.04. The van der Waals surface area contributed by atoms with Gasteiger partial charge in [-0.25, -0.2) is 4.79 Å². The van der Waals surface area contributed by atoms with Crippen LogP contribution in [0, 0.1) is 0 Å². The highest BCUT2D eigenvalue weighted by Crippen LogP contribution is 2.20. The number of carbonyl (C=O) groups is 2. The van der Waals surface area contributed by atoms with Crippen LogP contribution in [0.2, 0.25) is 0 Å². The van der Waals surface area contributed by atoms with E-state index in [4.69, 9.17) is 0 Å². The van der Waals surface area contributed by atoms with Gasteiger partial charge in [-0.15, -0.1) is 0 Å². The van der Waals surface area contributed by atoms with Gasteiger partial charge in [0.05, 0.1) is 0 Å². The van der Waals surface area contributed by atoms with E-state index in [2.05, 4.69) is 6.92 Å². The number of para-hydroxylation sites is 1. The Labute approximate surface area is 114 Å². The molecule has 1 aliphatic rings. The summed E-state index contributed by atoms with van der Waals surface area (Å²) in [6, 6.07) is 9.16. The minimum Gasteiger partial charge on any atom is -0.285 e. The number of imide groups is 1. The van der Waals surface area contributed by atoms with Gasteiger partial charge < -0.3 is 0 Å². The minimum absolute atomic E-state index is 0.0923. The Morgan fingerprint density at radius 2 is 1.79 bits per heavy atom.